The smallest absolute Gasteiger partial charge is 0.324 e. The molecule has 2 fully saturated rings. The SMILES string of the molecule is CC(C)(C)OC(=O)C(CCCCN)NS(=O)(=O)c1ccc(COC2(c3cnccc3-c3ccccc3OC3CC3)CC2)c(Cl)c1. The molecule has 0 aliphatic heterocycles. The van der Waals surface area contributed by atoms with Crippen LogP contribution in [0, 0.1) is 0 Å². The maximum absolute atomic E-state index is 13.3. The fourth-order valence-corrected chi connectivity index (χ4v) is 6.67. The Kier molecular flexibility index (Phi) is 10.2. The summed E-state index contributed by atoms with van der Waals surface area (Å²) in [6, 6.07) is 13.5. The number of nitrogens with one attached hydrogen (secondary N) is 1. The number of carbonyl (C=O) groups is 1. The van der Waals surface area contributed by atoms with Gasteiger partial charge >= 0.3 is 5.97 Å². The number of esters is 1. The lowest BCUT2D eigenvalue weighted by atomic mass is 9.96. The van der Waals surface area contributed by atoms with E-state index in [0.29, 0.717) is 24.9 Å². The molecule has 0 spiro atoms. The second-order valence-corrected chi connectivity index (χ2v) is 14.9. The number of hydrogen-bond acceptors (Lipinski definition) is 8. The summed E-state index contributed by atoms with van der Waals surface area (Å²) in [5, 5.41) is 0.250. The van der Waals surface area contributed by atoms with Gasteiger partial charge in [0.2, 0.25) is 10.0 Å². The summed E-state index contributed by atoms with van der Waals surface area (Å²) in [4.78, 5) is 17.2. The average Bonchev–Trinajstić information content (AvgIpc) is 3.93. The summed E-state index contributed by atoms with van der Waals surface area (Å²) < 4.78 is 47.4. The number of para-hydroxylation sites is 1. The summed E-state index contributed by atoms with van der Waals surface area (Å²) in [5.41, 5.74) is 7.96. The van der Waals surface area contributed by atoms with Crippen molar-refractivity contribution in [3.8, 4) is 16.9 Å². The van der Waals surface area contributed by atoms with E-state index in [-0.39, 0.29) is 29.0 Å². The Morgan fingerprint density at radius 2 is 1.87 bits per heavy atom. The van der Waals surface area contributed by atoms with Gasteiger partial charge in [0.1, 0.15) is 17.4 Å². The van der Waals surface area contributed by atoms with Crippen LogP contribution in [0.4, 0.5) is 0 Å². The van der Waals surface area contributed by atoms with Crippen molar-refractivity contribution >= 4 is 27.6 Å². The maximum atomic E-state index is 13.3. The number of sulfonamides is 1. The van der Waals surface area contributed by atoms with Gasteiger partial charge in [-0.05, 0) is 101 Å². The summed E-state index contributed by atoms with van der Waals surface area (Å²) >= 11 is 6.61. The van der Waals surface area contributed by atoms with Crippen LogP contribution in [0.1, 0.15) is 76.8 Å². The Labute approximate surface area is 270 Å². The monoisotopic (exact) mass is 655 g/mol. The van der Waals surface area contributed by atoms with Crippen molar-refractivity contribution in [2.75, 3.05) is 6.54 Å². The maximum Gasteiger partial charge on any atom is 0.324 e. The lowest BCUT2D eigenvalue weighted by Crippen LogP contribution is -2.44. The molecule has 11 heteroatoms. The number of carbonyl (C=O) groups excluding carboxylic acids is 1. The molecule has 1 atom stereocenters. The van der Waals surface area contributed by atoms with Gasteiger partial charge < -0.3 is 19.9 Å². The zero-order chi connectivity index (χ0) is 32.2. The number of halogens is 1. The van der Waals surface area contributed by atoms with Gasteiger partial charge in [0, 0.05) is 28.5 Å². The molecule has 2 aliphatic carbocycles. The third-order valence-electron chi connectivity index (χ3n) is 7.79. The van der Waals surface area contributed by atoms with E-state index in [4.69, 9.17) is 31.5 Å². The zero-order valence-corrected chi connectivity index (χ0v) is 27.6. The molecule has 0 bridgehead atoms. The van der Waals surface area contributed by atoms with E-state index in [2.05, 4.69) is 15.8 Å². The Morgan fingerprint density at radius 3 is 2.53 bits per heavy atom. The lowest BCUT2D eigenvalue weighted by molar-refractivity contribution is -0.157. The molecule has 2 aromatic carbocycles. The second-order valence-electron chi connectivity index (χ2n) is 12.8. The number of rotatable bonds is 15. The molecule has 3 aromatic rings. The number of aromatic nitrogens is 1. The number of hydrogen-bond donors (Lipinski definition) is 2. The molecule has 0 amide bonds. The fraction of sp³-hybridized carbons (Fsp3) is 0.471. The fourth-order valence-electron chi connectivity index (χ4n) is 5.13. The van der Waals surface area contributed by atoms with Crippen molar-refractivity contribution in [1.82, 2.24) is 9.71 Å². The third-order valence-corrected chi connectivity index (χ3v) is 9.61. The second kappa shape index (κ2) is 13.8. The molecule has 2 saturated carbocycles. The first-order valence-corrected chi connectivity index (χ1v) is 17.4. The summed E-state index contributed by atoms with van der Waals surface area (Å²) in [6.45, 7) is 5.83. The predicted octanol–water partition coefficient (Wildman–Crippen LogP) is 6.27. The quantitative estimate of drug-likeness (QED) is 0.145. The third kappa shape index (κ3) is 8.62. The van der Waals surface area contributed by atoms with Crippen molar-refractivity contribution in [3.05, 3.63) is 77.1 Å². The first kappa shape index (κ1) is 33.3. The number of ether oxygens (including phenoxy) is 3. The van der Waals surface area contributed by atoms with Crippen molar-refractivity contribution in [1.29, 1.82) is 0 Å². The van der Waals surface area contributed by atoms with Gasteiger partial charge in [0.05, 0.1) is 23.2 Å². The standard InChI is InChI=1S/C34H42ClN3O6S/c1-33(2,3)44-32(39)30(9-6-7-18-36)38-45(40,41)25-14-11-23(29(35)20-25)22-42-34(16-17-34)28-21-37-19-15-26(28)27-8-4-5-10-31(27)43-24-12-13-24/h4-5,8,10-11,14-15,19-21,24,30,38H,6-7,9,12-13,16-18,22,36H2,1-3H3. The van der Waals surface area contributed by atoms with Crippen LogP contribution >= 0.6 is 11.6 Å². The molecule has 0 saturated heterocycles. The van der Waals surface area contributed by atoms with Crippen LogP contribution in [0.15, 0.2) is 65.8 Å². The van der Waals surface area contributed by atoms with Crippen LogP contribution in [-0.4, -0.2) is 43.7 Å². The minimum Gasteiger partial charge on any atom is -0.490 e. The Hall–Kier alpha value is -3.02. The summed E-state index contributed by atoms with van der Waals surface area (Å²) in [6.07, 6.45) is 9.17. The number of nitrogens with two attached hydrogens (primary N) is 1. The number of benzene rings is 2. The van der Waals surface area contributed by atoms with Crippen LogP contribution < -0.4 is 15.2 Å². The van der Waals surface area contributed by atoms with Crippen molar-refractivity contribution in [2.45, 2.75) is 101 Å². The minimum absolute atomic E-state index is 0.0495. The number of unbranched alkanes of at least 4 members (excludes halogenated alkanes) is 1. The molecule has 1 heterocycles. The van der Waals surface area contributed by atoms with Gasteiger partial charge in [-0.15, -0.1) is 0 Å². The van der Waals surface area contributed by atoms with E-state index in [0.717, 1.165) is 48.1 Å². The van der Waals surface area contributed by atoms with E-state index in [9.17, 15) is 13.2 Å². The predicted molar refractivity (Wildman–Crippen MR) is 173 cm³/mol. The highest BCUT2D eigenvalue weighted by molar-refractivity contribution is 7.89. The van der Waals surface area contributed by atoms with Crippen LogP contribution in [0.25, 0.3) is 11.1 Å². The average molecular weight is 656 g/mol. The zero-order valence-electron chi connectivity index (χ0n) is 26.1. The highest BCUT2D eigenvalue weighted by atomic mass is 35.5. The number of nitrogens with zero attached hydrogens (tertiary/aromatic N) is 1. The molecule has 1 aromatic heterocycles. The highest BCUT2D eigenvalue weighted by Crippen LogP contribution is 2.53. The summed E-state index contributed by atoms with van der Waals surface area (Å²) in [7, 11) is -4.08. The molecule has 1 unspecified atom stereocenters. The molecular weight excluding hydrogens is 614 g/mol. The van der Waals surface area contributed by atoms with E-state index < -0.39 is 33.2 Å². The van der Waals surface area contributed by atoms with Crippen LogP contribution in [0.2, 0.25) is 5.02 Å². The molecule has 45 heavy (non-hydrogen) atoms. The van der Waals surface area contributed by atoms with E-state index in [1.165, 1.54) is 12.1 Å². The van der Waals surface area contributed by atoms with Gasteiger partial charge in [-0.1, -0.05) is 42.3 Å². The molecular formula is C34H42ClN3O6S. The van der Waals surface area contributed by atoms with Crippen molar-refractivity contribution in [2.24, 2.45) is 5.73 Å². The summed E-state index contributed by atoms with van der Waals surface area (Å²) in [5.74, 6) is 0.218. The van der Waals surface area contributed by atoms with Crippen LogP contribution in [0.3, 0.4) is 0 Å². The molecule has 5 rings (SSSR count). The molecule has 2 aliphatic rings. The van der Waals surface area contributed by atoms with Crippen molar-refractivity contribution < 1.29 is 27.4 Å². The highest BCUT2D eigenvalue weighted by Gasteiger charge is 2.48. The van der Waals surface area contributed by atoms with Crippen molar-refractivity contribution in [3.63, 3.8) is 0 Å². The largest absolute Gasteiger partial charge is 0.490 e. The Morgan fingerprint density at radius 1 is 1.11 bits per heavy atom. The minimum atomic E-state index is -4.08. The Balaban J connectivity index is 1.30. The van der Waals surface area contributed by atoms with Gasteiger partial charge in [-0.3, -0.25) is 9.78 Å². The van der Waals surface area contributed by atoms with Gasteiger partial charge in [-0.25, -0.2) is 8.42 Å². The van der Waals surface area contributed by atoms with Gasteiger partial charge in [0.15, 0.2) is 0 Å². The first-order chi connectivity index (χ1) is 21.4. The number of pyridine rings is 1. The molecule has 3 N–H and O–H groups in total. The molecule has 242 valence electrons. The van der Waals surface area contributed by atoms with Gasteiger partial charge in [0.25, 0.3) is 0 Å². The topological polar surface area (TPSA) is 130 Å². The van der Waals surface area contributed by atoms with E-state index in [1.807, 2.05) is 30.5 Å². The normalized spacial score (nSPS) is 16.6. The van der Waals surface area contributed by atoms with E-state index in [1.54, 1.807) is 33.0 Å². The first-order valence-electron chi connectivity index (χ1n) is 15.5. The van der Waals surface area contributed by atoms with Gasteiger partial charge in [-0.2, -0.15) is 4.72 Å². The van der Waals surface area contributed by atoms with Crippen LogP contribution in [-0.2, 0) is 36.5 Å². The lowest BCUT2D eigenvalue weighted by Gasteiger charge is -2.24. The molecule has 9 nitrogen and oxygen atoms in total. The Bertz CT molecular complexity index is 1620. The molecule has 0 radical (unpaired) electrons. The van der Waals surface area contributed by atoms with E-state index >= 15 is 0 Å². The van der Waals surface area contributed by atoms with Crippen LogP contribution in [0.5, 0.6) is 5.75 Å².